The average Bonchev–Trinajstić information content (AvgIpc) is 3.26. The van der Waals surface area contributed by atoms with Crippen LogP contribution in [-0.4, -0.2) is 46.5 Å². The van der Waals surface area contributed by atoms with Crippen LogP contribution < -0.4 is 10.1 Å². The number of aromatic nitrogens is 2. The van der Waals surface area contributed by atoms with Gasteiger partial charge in [-0.05, 0) is 53.9 Å². The fourth-order valence-electron chi connectivity index (χ4n) is 3.95. The van der Waals surface area contributed by atoms with Crippen LogP contribution in [0.3, 0.4) is 0 Å². The minimum Gasteiger partial charge on any atom is -0.457 e. The third kappa shape index (κ3) is 3.47. The molecule has 0 saturated carbocycles. The Labute approximate surface area is 174 Å². The van der Waals surface area contributed by atoms with E-state index in [4.69, 9.17) is 4.74 Å². The largest absolute Gasteiger partial charge is 0.457 e. The first-order chi connectivity index (χ1) is 14.6. The second-order valence-electron chi connectivity index (χ2n) is 7.90. The Hall–Kier alpha value is -3.48. The van der Waals surface area contributed by atoms with E-state index in [1.807, 2.05) is 35.0 Å². The standard InChI is InChI=1S/C23H23N5O2/c1-14-7-9-15(10-8-14)30-22-6-4-3-5-16(22)18-12-19(27-26-18)23(29)25-20-13-28(24-2)21-11-17(20)21/h3-7,9-12,14,20-21H,8,13H2,1-2H3,(H-,25,26,27,29)/p+1/t14?,20-,21-/m1/s1. The maximum absolute atomic E-state index is 12.7. The molecule has 0 bridgehead atoms. The highest BCUT2D eigenvalue weighted by molar-refractivity contribution is 5.94. The molecule has 2 heterocycles. The zero-order chi connectivity index (χ0) is 20.7. The van der Waals surface area contributed by atoms with Crippen molar-refractivity contribution in [3.8, 4) is 17.0 Å². The number of nitrogens with one attached hydrogen (secondary N) is 2. The van der Waals surface area contributed by atoms with Gasteiger partial charge in [-0.1, -0.05) is 25.1 Å². The topological polar surface area (TPSA) is 82.4 Å². The van der Waals surface area contributed by atoms with E-state index >= 15 is 0 Å². The molecule has 0 radical (unpaired) electrons. The molecule has 1 saturated heterocycles. The van der Waals surface area contributed by atoms with Gasteiger partial charge in [0.1, 0.15) is 23.2 Å². The summed E-state index contributed by atoms with van der Waals surface area (Å²) < 4.78 is 8.09. The number of allylic oxidation sites excluding steroid dienone is 3. The van der Waals surface area contributed by atoms with Crippen LogP contribution in [0, 0.1) is 5.92 Å². The van der Waals surface area contributed by atoms with Gasteiger partial charge in [-0.15, -0.1) is 4.70 Å². The number of hydrogen-bond acceptors (Lipinski definition) is 4. The molecule has 7 heteroatoms. The van der Waals surface area contributed by atoms with Crippen LogP contribution in [0.5, 0.6) is 5.75 Å². The van der Waals surface area contributed by atoms with Gasteiger partial charge in [-0.25, -0.2) is 0 Å². The van der Waals surface area contributed by atoms with Gasteiger partial charge in [0, 0.05) is 11.1 Å². The highest BCUT2D eigenvalue weighted by Gasteiger charge is 2.51. The summed E-state index contributed by atoms with van der Waals surface area (Å²) in [4.78, 5) is 12.7. The number of amides is 1. The zero-order valence-electron chi connectivity index (χ0n) is 17.0. The second kappa shape index (κ2) is 7.40. The number of rotatable bonds is 5. The van der Waals surface area contributed by atoms with Crippen molar-refractivity contribution in [1.82, 2.24) is 15.5 Å². The molecule has 1 fully saturated rings. The maximum atomic E-state index is 12.7. The van der Waals surface area contributed by atoms with Gasteiger partial charge in [-0.2, -0.15) is 5.10 Å². The lowest BCUT2D eigenvalue weighted by atomic mass is 10.0. The number of carbonyl (C=O) groups is 1. The van der Waals surface area contributed by atoms with Crippen LogP contribution in [0.2, 0.25) is 0 Å². The molecule has 1 aromatic carbocycles. The zero-order valence-corrected chi connectivity index (χ0v) is 17.0. The van der Waals surface area contributed by atoms with Gasteiger partial charge in [-0.3, -0.25) is 9.89 Å². The minimum absolute atomic E-state index is 0.000914. The van der Waals surface area contributed by atoms with E-state index in [1.165, 1.54) is 5.57 Å². The first-order valence-corrected chi connectivity index (χ1v) is 10.2. The number of benzene rings is 1. The Balaban J connectivity index is 1.32. The van der Waals surface area contributed by atoms with E-state index in [0.29, 0.717) is 29.6 Å². The number of para-hydroxylation sites is 1. The maximum Gasteiger partial charge on any atom is 0.270 e. The van der Waals surface area contributed by atoms with E-state index in [-0.39, 0.29) is 18.0 Å². The Morgan fingerprint density at radius 3 is 3.00 bits per heavy atom. The lowest BCUT2D eigenvalue weighted by molar-refractivity contribution is -0.588. The predicted octanol–water partition coefficient (Wildman–Crippen LogP) is 3.45. The number of hydrogen-bond donors (Lipinski definition) is 2. The second-order valence-corrected chi connectivity index (χ2v) is 7.90. The molecule has 2 aliphatic carbocycles. The van der Waals surface area contributed by atoms with Crippen molar-refractivity contribution in [2.75, 3.05) is 13.6 Å². The normalized spacial score (nSPS) is 25.5. The first kappa shape index (κ1) is 18.5. The Bertz CT molecular complexity index is 1120. The van der Waals surface area contributed by atoms with E-state index in [2.05, 4.69) is 45.8 Å². The van der Waals surface area contributed by atoms with Gasteiger partial charge in [0.05, 0.1) is 12.7 Å². The number of H-pyrrole nitrogens is 1. The molecule has 7 nitrogen and oxygen atoms in total. The summed E-state index contributed by atoms with van der Waals surface area (Å²) in [5.41, 5.74) is 3.16. The van der Waals surface area contributed by atoms with Gasteiger partial charge in [0.2, 0.25) is 6.04 Å². The summed E-state index contributed by atoms with van der Waals surface area (Å²) in [6.45, 7) is 2.88. The highest BCUT2D eigenvalue weighted by Crippen LogP contribution is 2.35. The third-order valence-corrected chi connectivity index (χ3v) is 5.73. The molecule has 1 amide bonds. The van der Waals surface area contributed by atoms with Crippen LogP contribution in [0.4, 0.5) is 0 Å². The molecular formula is C23H24N5O2+. The summed E-state index contributed by atoms with van der Waals surface area (Å²) in [5, 5.41) is 14.5. The number of fused-ring (bicyclic) bond motifs is 1. The van der Waals surface area contributed by atoms with Crippen molar-refractivity contribution < 1.29 is 14.2 Å². The molecule has 2 N–H and O–H groups in total. The first-order valence-electron chi connectivity index (χ1n) is 10.2. The Morgan fingerprint density at radius 2 is 2.23 bits per heavy atom. The smallest absolute Gasteiger partial charge is 0.270 e. The quantitative estimate of drug-likeness (QED) is 0.594. The van der Waals surface area contributed by atoms with Crippen molar-refractivity contribution in [2.45, 2.75) is 25.4 Å². The van der Waals surface area contributed by atoms with Gasteiger partial charge in [0.25, 0.3) is 5.91 Å². The molecule has 2 aromatic rings. The monoisotopic (exact) mass is 402 g/mol. The van der Waals surface area contributed by atoms with Crippen LogP contribution >= 0.6 is 0 Å². The number of nitrogens with zero attached hydrogens (tertiary/aromatic N) is 3. The molecule has 1 aromatic heterocycles. The summed E-state index contributed by atoms with van der Waals surface area (Å²) in [5.74, 6) is 1.89. The van der Waals surface area contributed by atoms with Crippen molar-refractivity contribution in [1.29, 1.82) is 0 Å². The molecule has 3 atom stereocenters. The van der Waals surface area contributed by atoms with Crippen LogP contribution in [-0.2, 0) is 0 Å². The van der Waals surface area contributed by atoms with E-state index in [0.717, 1.165) is 17.7 Å². The van der Waals surface area contributed by atoms with Crippen molar-refractivity contribution >= 4 is 5.91 Å². The number of carbonyl (C=O) groups excluding carboxylic acids is 1. The molecule has 3 aliphatic rings. The lowest BCUT2D eigenvalue weighted by Gasteiger charge is -2.14. The molecule has 1 aliphatic heterocycles. The molecular weight excluding hydrogens is 378 g/mol. The highest BCUT2D eigenvalue weighted by atomic mass is 16.5. The number of aromatic amines is 1. The molecule has 5 rings (SSSR count). The third-order valence-electron chi connectivity index (χ3n) is 5.73. The summed E-state index contributed by atoms with van der Waals surface area (Å²) >= 11 is 0. The number of azo groups is 2. The summed E-state index contributed by atoms with van der Waals surface area (Å²) in [6, 6.07) is 9.77. The van der Waals surface area contributed by atoms with Gasteiger partial charge in [0.15, 0.2) is 6.54 Å². The lowest BCUT2D eigenvalue weighted by Crippen LogP contribution is -2.36. The van der Waals surface area contributed by atoms with Crippen molar-refractivity contribution in [3.05, 3.63) is 71.7 Å². The molecule has 30 heavy (non-hydrogen) atoms. The van der Waals surface area contributed by atoms with E-state index in [1.54, 1.807) is 13.1 Å². The van der Waals surface area contributed by atoms with Gasteiger partial charge < -0.3 is 10.1 Å². The number of ether oxygens (including phenoxy) is 1. The van der Waals surface area contributed by atoms with Gasteiger partial charge >= 0.3 is 0 Å². The molecule has 1 unspecified atom stereocenters. The molecule has 152 valence electrons. The van der Waals surface area contributed by atoms with Crippen molar-refractivity contribution in [2.24, 2.45) is 11.0 Å². The summed E-state index contributed by atoms with van der Waals surface area (Å²) in [6.07, 6.45) is 9.33. The Kier molecular flexibility index (Phi) is 4.58. The van der Waals surface area contributed by atoms with E-state index < -0.39 is 0 Å². The fourth-order valence-corrected chi connectivity index (χ4v) is 3.95. The fraction of sp³-hybridized carbons (Fsp3) is 0.304. The SMILES string of the molecule is CN=[N+]1C[C@@H](NC(=O)c2cc(-c3ccccc3OC3=CCC(C)C=C3)n[nH]2)C2=C[C@H]21. The minimum atomic E-state index is -0.173. The van der Waals surface area contributed by atoms with Crippen LogP contribution in [0.25, 0.3) is 11.3 Å². The predicted molar refractivity (Wildman–Crippen MR) is 112 cm³/mol. The molecule has 0 spiro atoms. The van der Waals surface area contributed by atoms with Crippen LogP contribution in [0.1, 0.15) is 23.8 Å². The Morgan fingerprint density at radius 1 is 1.37 bits per heavy atom. The van der Waals surface area contributed by atoms with Crippen molar-refractivity contribution in [3.63, 3.8) is 0 Å². The average molecular weight is 402 g/mol. The van der Waals surface area contributed by atoms with E-state index in [9.17, 15) is 4.79 Å². The summed E-state index contributed by atoms with van der Waals surface area (Å²) in [7, 11) is 1.77. The van der Waals surface area contributed by atoms with Crippen LogP contribution in [0.15, 0.2) is 71.1 Å².